The Labute approximate surface area is 223 Å². The van der Waals surface area contributed by atoms with E-state index in [9.17, 15) is 26.4 Å². The Hall–Kier alpha value is -3.46. The van der Waals surface area contributed by atoms with E-state index in [1.807, 2.05) is 0 Å². The average molecular weight is 567 g/mol. The number of fused-ring (bicyclic) bond motifs is 1. The van der Waals surface area contributed by atoms with Crippen molar-refractivity contribution in [2.24, 2.45) is 5.92 Å². The van der Waals surface area contributed by atoms with Gasteiger partial charge in [0.25, 0.3) is 0 Å². The molecule has 0 radical (unpaired) electrons. The molecule has 1 aromatic carbocycles. The number of piperidine rings is 2. The highest BCUT2D eigenvalue weighted by Crippen LogP contribution is 2.36. The van der Waals surface area contributed by atoms with Gasteiger partial charge < -0.3 is 15.5 Å². The van der Waals surface area contributed by atoms with Gasteiger partial charge >= 0.3 is 6.18 Å². The summed E-state index contributed by atoms with van der Waals surface area (Å²) in [4.78, 5) is 23.3. The molecule has 2 aliphatic rings. The molecule has 2 aliphatic heterocycles. The first kappa shape index (κ1) is 27.1. The lowest BCUT2D eigenvalue weighted by molar-refractivity contribution is -0.182. The number of benzene rings is 1. The molecule has 5 rings (SSSR count). The zero-order chi connectivity index (χ0) is 27.6. The Kier molecular flexibility index (Phi) is 7.62. The highest BCUT2D eigenvalue weighted by molar-refractivity contribution is 7.89. The van der Waals surface area contributed by atoms with Crippen LogP contribution >= 0.6 is 0 Å². The van der Waals surface area contributed by atoms with Gasteiger partial charge in [0, 0.05) is 32.2 Å². The summed E-state index contributed by atoms with van der Waals surface area (Å²) in [6.45, 7) is 0.724. The number of anilines is 2. The van der Waals surface area contributed by atoms with Crippen LogP contribution in [0, 0.1) is 5.92 Å². The lowest BCUT2D eigenvalue weighted by Crippen LogP contribution is -2.49. The summed E-state index contributed by atoms with van der Waals surface area (Å²) >= 11 is 0. The number of carbonyl (C=O) groups excluding carboxylic acids is 1. The van der Waals surface area contributed by atoms with Crippen molar-refractivity contribution < 1.29 is 26.4 Å². The van der Waals surface area contributed by atoms with Crippen LogP contribution < -0.4 is 15.5 Å². The zero-order valence-corrected chi connectivity index (χ0v) is 21.8. The normalized spacial score (nSPS) is 19.8. The van der Waals surface area contributed by atoms with Gasteiger partial charge in [-0.1, -0.05) is 12.1 Å². The summed E-state index contributed by atoms with van der Waals surface area (Å²) in [5, 5.41) is 13.5. The third-order valence-corrected chi connectivity index (χ3v) is 9.13. The first-order valence-corrected chi connectivity index (χ1v) is 14.1. The van der Waals surface area contributed by atoms with Gasteiger partial charge in [0.1, 0.15) is 17.0 Å². The van der Waals surface area contributed by atoms with Crippen LogP contribution in [0.25, 0.3) is 11.0 Å². The van der Waals surface area contributed by atoms with E-state index >= 15 is 0 Å². The summed E-state index contributed by atoms with van der Waals surface area (Å²) in [6, 6.07) is 5.96. The molecule has 11 nitrogen and oxygen atoms in total. The highest BCUT2D eigenvalue weighted by Gasteiger charge is 2.43. The Balaban J connectivity index is 1.19. The molecule has 0 spiro atoms. The van der Waals surface area contributed by atoms with E-state index in [-0.39, 0.29) is 55.0 Å². The predicted molar refractivity (Wildman–Crippen MR) is 138 cm³/mol. The van der Waals surface area contributed by atoms with Crippen molar-refractivity contribution in [3.8, 4) is 0 Å². The van der Waals surface area contributed by atoms with E-state index in [1.165, 1.54) is 18.5 Å². The fraction of sp³-hybridized carbons (Fsp3) is 0.500. The van der Waals surface area contributed by atoms with Gasteiger partial charge in [-0.05, 0) is 37.8 Å². The van der Waals surface area contributed by atoms with Crippen LogP contribution in [0.4, 0.5) is 24.7 Å². The number of nitrogens with one attached hydrogen (secondary N) is 3. The minimum absolute atomic E-state index is 0.0695. The quantitative estimate of drug-likeness (QED) is 0.397. The summed E-state index contributed by atoms with van der Waals surface area (Å²) in [5.74, 6) is -1.07. The molecule has 0 bridgehead atoms. The van der Waals surface area contributed by atoms with Crippen LogP contribution in [0.2, 0.25) is 0 Å². The number of amides is 1. The van der Waals surface area contributed by atoms with Crippen LogP contribution in [0.3, 0.4) is 0 Å². The van der Waals surface area contributed by atoms with Crippen molar-refractivity contribution in [3.05, 3.63) is 36.8 Å². The van der Waals surface area contributed by atoms with Crippen LogP contribution in [0.1, 0.15) is 25.7 Å². The highest BCUT2D eigenvalue weighted by atomic mass is 32.2. The minimum Gasteiger partial charge on any atom is -0.375 e. The van der Waals surface area contributed by atoms with Crippen LogP contribution in [-0.4, -0.2) is 83.7 Å². The number of hydrogen-bond acceptors (Lipinski definition) is 8. The van der Waals surface area contributed by atoms with E-state index in [0.717, 1.165) is 34.9 Å². The molecule has 0 saturated carbocycles. The van der Waals surface area contributed by atoms with Crippen molar-refractivity contribution in [1.82, 2.24) is 29.8 Å². The molecule has 1 amide bonds. The molecule has 15 heteroatoms. The molecule has 0 aliphatic carbocycles. The Morgan fingerprint density at radius 3 is 2.64 bits per heavy atom. The fourth-order valence-corrected chi connectivity index (χ4v) is 6.78. The SMILES string of the molecule is O=C(CNc1ccccc1S(=O)(=O)N1CCC(C(F)(F)F)CC1)N[C@@H]1CCCN(c2ncnc3[nH]ncc23)C1. The van der Waals surface area contributed by atoms with Crippen LogP contribution in [0.15, 0.2) is 41.7 Å². The number of carbonyl (C=O) groups is 1. The molecule has 4 heterocycles. The second-order valence-electron chi connectivity index (χ2n) is 9.75. The summed E-state index contributed by atoms with van der Waals surface area (Å²) < 4.78 is 66.7. The summed E-state index contributed by atoms with van der Waals surface area (Å²) in [5.41, 5.74) is 0.855. The molecule has 2 saturated heterocycles. The van der Waals surface area contributed by atoms with E-state index < -0.39 is 22.1 Å². The lowest BCUT2D eigenvalue weighted by atomic mass is 9.98. The number of aromatic nitrogens is 4. The average Bonchev–Trinajstić information content (AvgIpc) is 3.41. The monoisotopic (exact) mass is 566 g/mol. The molecule has 2 fully saturated rings. The molecule has 1 atom stereocenters. The number of para-hydroxylation sites is 1. The molecule has 0 unspecified atom stereocenters. The van der Waals surface area contributed by atoms with Crippen molar-refractivity contribution in [2.75, 3.05) is 42.9 Å². The van der Waals surface area contributed by atoms with Gasteiger partial charge in [-0.15, -0.1) is 0 Å². The third kappa shape index (κ3) is 5.93. The Morgan fingerprint density at radius 2 is 1.87 bits per heavy atom. The lowest BCUT2D eigenvalue weighted by Gasteiger charge is -2.34. The number of nitrogens with zero attached hydrogens (tertiary/aromatic N) is 5. The summed E-state index contributed by atoms with van der Waals surface area (Å²) in [7, 11) is -4.04. The molecular formula is C24H29F3N8O3S. The number of halogens is 3. The van der Waals surface area contributed by atoms with E-state index in [1.54, 1.807) is 18.3 Å². The van der Waals surface area contributed by atoms with E-state index in [4.69, 9.17) is 0 Å². The first-order chi connectivity index (χ1) is 18.6. The third-order valence-electron chi connectivity index (χ3n) is 7.17. The second kappa shape index (κ2) is 11.0. The van der Waals surface area contributed by atoms with Crippen LogP contribution in [0.5, 0.6) is 0 Å². The molecule has 39 heavy (non-hydrogen) atoms. The van der Waals surface area contributed by atoms with Gasteiger partial charge in [0.2, 0.25) is 15.9 Å². The number of aromatic amines is 1. The molecule has 210 valence electrons. The fourth-order valence-electron chi connectivity index (χ4n) is 5.15. The number of sulfonamides is 1. The summed E-state index contributed by atoms with van der Waals surface area (Å²) in [6.07, 6.45) is -0.139. The maximum atomic E-state index is 13.3. The first-order valence-electron chi connectivity index (χ1n) is 12.7. The van der Waals surface area contributed by atoms with Crippen molar-refractivity contribution in [2.45, 2.75) is 42.8 Å². The van der Waals surface area contributed by atoms with Crippen molar-refractivity contribution in [1.29, 1.82) is 0 Å². The Bertz CT molecular complexity index is 1420. The maximum absolute atomic E-state index is 13.3. The predicted octanol–water partition coefficient (Wildman–Crippen LogP) is 2.51. The second-order valence-corrected chi connectivity index (χ2v) is 11.7. The van der Waals surface area contributed by atoms with E-state index in [0.29, 0.717) is 12.2 Å². The topological polar surface area (TPSA) is 136 Å². The van der Waals surface area contributed by atoms with Gasteiger partial charge in [-0.25, -0.2) is 18.4 Å². The van der Waals surface area contributed by atoms with Gasteiger partial charge in [-0.3, -0.25) is 9.89 Å². The van der Waals surface area contributed by atoms with Gasteiger partial charge in [0.15, 0.2) is 5.65 Å². The molecular weight excluding hydrogens is 537 g/mol. The van der Waals surface area contributed by atoms with Gasteiger partial charge in [0.05, 0.1) is 29.7 Å². The molecule has 3 N–H and O–H groups in total. The van der Waals surface area contributed by atoms with E-state index in [2.05, 4.69) is 35.7 Å². The Morgan fingerprint density at radius 1 is 1.10 bits per heavy atom. The number of hydrogen-bond donors (Lipinski definition) is 3. The number of alkyl halides is 3. The smallest absolute Gasteiger partial charge is 0.375 e. The van der Waals surface area contributed by atoms with Gasteiger partial charge in [-0.2, -0.15) is 22.6 Å². The number of H-pyrrole nitrogens is 1. The number of rotatable bonds is 7. The standard InChI is InChI=1S/C24H29F3N8O3S/c25-24(26,27)16-7-10-35(11-8-16)39(37,38)20-6-2-1-5-19(20)28-13-21(36)32-17-4-3-9-34(14-17)23-18-12-31-33-22(18)29-15-30-23/h1-2,5-6,12,15-17,28H,3-4,7-11,13-14H2,(H,32,36)(H,29,30,31,33)/t17-/m1/s1. The van der Waals surface area contributed by atoms with Crippen LogP contribution in [-0.2, 0) is 14.8 Å². The minimum atomic E-state index is -4.33. The zero-order valence-electron chi connectivity index (χ0n) is 21.0. The van der Waals surface area contributed by atoms with Crippen molar-refractivity contribution >= 4 is 38.5 Å². The maximum Gasteiger partial charge on any atom is 0.391 e. The molecule has 3 aromatic rings. The largest absolute Gasteiger partial charge is 0.391 e. The molecule has 2 aromatic heterocycles. The van der Waals surface area contributed by atoms with Crippen molar-refractivity contribution in [3.63, 3.8) is 0 Å².